The van der Waals surface area contributed by atoms with Crippen molar-refractivity contribution in [3.8, 4) is 0 Å². The molecule has 0 bridgehead atoms. The van der Waals surface area contributed by atoms with Gasteiger partial charge in [0.2, 0.25) is 0 Å². The Morgan fingerprint density at radius 3 is 2.64 bits per heavy atom. The number of nitrogens with zero attached hydrogens (tertiary/aromatic N) is 5. The molecule has 3 aromatic rings. The average Bonchev–Trinajstić information content (AvgIpc) is 3.67. The Morgan fingerprint density at radius 1 is 1.17 bits per heavy atom. The predicted molar refractivity (Wildman–Crippen MR) is 162 cm³/mol. The van der Waals surface area contributed by atoms with E-state index in [9.17, 15) is 17.6 Å². The topological polar surface area (TPSA) is 61.9 Å². The third-order valence-electron chi connectivity index (χ3n) is 7.91. The molecule has 2 aromatic heterocycles. The molecule has 1 fully saturated rings. The fourth-order valence-electron chi connectivity index (χ4n) is 5.48. The van der Waals surface area contributed by atoms with Gasteiger partial charge in [0.1, 0.15) is 12.7 Å². The molecule has 2 atom stereocenters. The normalized spacial score (nSPS) is 20.1. The van der Waals surface area contributed by atoms with E-state index in [0.717, 1.165) is 17.8 Å². The smallest absolute Gasteiger partial charge is 0.380 e. The number of alkyl halides is 4. The van der Waals surface area contributed by atoms with Crippen LogP contribution in [0.3, 0.4) is 0 Å². The zero-order valence-electron chi connectivity index (χ0n) is 24.6. The van der Waals surface area contributed by atoms with Crippen LogP contribution in [0.15, 0.2) is 59.3 Å². The molecule has 7 nitrogen and oxygen atoms in total. The molecule has 11 heteroatoms. The van der Waals surface area contributed by atoms with Gasteiger partial charge in [-0.05, 0) is 58.0 Å². The minimum Gasteiger partial charge on any atom is -0.380 e. The number of likely N-dealkylation sites (N-methyl/N-ethyl adjacent to an activating group) is 1. The Kier molecular flexibility index (Phi) is 8.24. The van der Waals surface area contributed by atoms with Gasteiger partial charge < -0.3 is 24.7 Å². The number of amidine groups is 1. The lowest BCUT2D eigenvalue weighted by Gasteiger charge is -2.35. The number of rotatable bonds is 9. The Labute approximate surface area is 244 Å². The second-order valence-electron chi connectivity index (χ2n) is 12.0. The van der Waals surface area contributed by atoms with E-state index in [1.165, 1.54) is 4.57 Å². The lowest BCUT2D eigenvalue weighted by atomic mass is 10.0. The highest BCUT2D eigenvalue weighted by Gasteiger charge is 2.33. The number of benzene rings is 1. The number of aromatic nitrogens is 2. The van der Waals surface area contributed by atoms with Gasteiger partial charge in [-0.1, -0.05) is 19.6 Å². The van der Waals surface area contributed by atoms with Gasteiger partial charge in [0.25, 0.3) is 0 Å². The van der Waals surface area contributed by atoms with Gasteiger partial charge in [0, 0.05) is 53.4 Å². The maximum absolute atomic E-state index is 14.8. The molecule has 42 heavy (non-hydrogen) atoms. The molecular weight excluding hydrogens is 546 g/mol. The zero-order valence-corrected chi connectivity index (χ0v) is 24.6. The van der Waals surface area contributed by atoms with E-state index in [2.05, 4.69) is 57.4 Å². The highest BCUT2D eigenvalue weighted by Crippen LogP contribution is 2.32. The van der Waals surface area contributed by atoms with Gasteiger partial charge in [-0.2, -0.15) is 13.2 Å². The van der Waals surface area contributed by atoms with Gasteiger partial charge >= 0.3 is 6.18 Å². The zero-order chi connectivity index (χ0) is 30.2. The molecule has 2 aliphatic rings. The highest BCUT2D eigenvalue weighted by molar-refractivity contribution is 6.14. The van der Waals surface area contributed by atoms with E-state index in [1.54, 1.807) is 24.3 Å². The van der Waals surface area contributed by atoms with Crippen LogP contribution in [0.25, 0.3) is 16.6 Å². The number of halogens is 4. The number of fused-ring (bicyclic) bond motifs is 1. The molecule has 0 aliphatic carbocycles. The van der Waals surface area contributed by atoms with Crippen LogP contribution < -0.4 is 10.6 Å². The number of nitrogens with one attached hydrogen (secondary N) is 2. The van der Waals surface area contributed by atoms with Crippen molar-refractivity contribution in [3.63, 3.8) is 0 Å². The maximum atomic E-state index is 14.8. The number of aliphatic imine (C=N–C) groups is 2. The van der Waals surface area contributed by atoms with Gasteiger partial charge in [-0.3, -0.25) is 4.99 Å². The van der Waals surface area contributed by atoms with Crippen LogP contribution in [0.1, 0.15) is 45.4 Å². The van der Waals surface area contributed by atoms with Crippen molar-refractivity contribution in [1.82, 2.24) is 19.4 Å². The summed E-state index contributed by atoms with van der Waals surface area (Å²) < 4.78 is 59.4. The van der Waals surface area contributed by atoms with Crippen LogP contribution >= 0.6 is 0 Å². The van der Waals surface area contributed by atoms with Crippen molar-refractivity contribution in [2.75, 3.05) is 38.0 Å². The van der Waals surface area contributed by atoms with E-state index >= 15 is 0 Å². The van der Waals surface area contributed by atoms with Crippen LogP contribution in [-0.2, 0) is 12.1 Å². The summed E-state index contributed by atoms with van der Waals surface area (Å²) in [6.07, 6.45) is -1.05. The van der Waals surface area contributed by atoms with Crippen molar-refractivity contribution in [3.05, 3.63) is 60.6 Å². The molecule has 0 spiro atoms. The van der Waals surface area contributed by atoms with E-state index in [0.29, 0.717) is 48.4 Å². The lowest BCUT2D eigenvalue weighted by molar-refractivity contribution is -0.139. The third kappa shape index (κ3) is 6.56. The fraction of sp³-hybridized carbons (Fsp3) is 0.484. The van der Waals surface area contributed by atoms with Gasteiger partial charge in [-0.25, -0.2) is 9.38 Å². The Balaban J connectivity index is 1.38. The van der Waals surface area contributed by atoms with E-state index < -0.39 is 24.9 Å². The molecule has 2 unspecified atom stereocenters. The van der Waals surface area contributed by atoms with E-state index in [-0.39, 0.29) is 23.6 Å². The molecule has 5 rings (SSSR count). The summed E-state index contributed by atoms with van der Waals surface area (Å²) in [5.74, 6) is 0.251. The van der Waals surface area contributed by atoms with Crippen LogP contribution in [-0.4, -0.2) is 76.7 Å². The van der Waals surface area contributed by atoms with Crippen LogP contribution in [0.5, 0.6) is 0 Å². The van der Waals surface area contributed by atoms with Gasteiger partial charge in [-0.15, -0.1) is 0 Å². The Hall–Kier alpha value is -3.60. The number of hydrogen-bond donors (Lipinski definition) is 2. The summed E-state index contributed by atoms with van der Waals surface area (Å²) in [5.41, 5.74) is 3.60. The molecule has 226 valence electrons. The standard InChI is InChI=1S/C31H39F4N7/c1-6-40-12-11-24(32)26(18-40)39-25-8-7-9-27-23(25)14-28(42(27)19-31(33,34)35)29-37-16-22(38-29)15-36-20(2)21-10-13-41(17-21)30(3,4)5/h7-10,13-14,17,24,26,36,39H,2,6,11-12,15-16,18-19H2,1,3-5H3. The number of likely N-dealkylation sites (tertiary alicyclic amines) is 1. The molecule has 0 radical (unpaired) electrons. The maximum Gasteiger partial charge on any atom is 0.406 e. The molecule has 2 aliphatic heterocycles. The van der Waals surface area contributed by atoms with Crippen LogP contribution in [0.4, 0.5) is 23.2 Å². The summed E-state index contributed by atoms with van der Waals surface area (Å²) in [6, 6.07) is 8.35. The Morgan fingerprint density at radius 2 is 1.95 bits per heavy atom. The lowest BCUT2D eigenvalue weighted by Crippen LogP contribution is -2.48. The summed E-state index contributed by atoms with van der Waals surface area (Å²) >= 11 is 0. The first kappa shape index (κ1) is 29.9. The van der Waals surface area contributed by atoms with Gasteiger partial charge in [0.15, 0.2) is 5.84 Å². The van der Waals surface area contributed by atoms with Crippen molar-refractivity contribution in [2.24, 2.45) is 9.98 Å². The molecule has 0 amide bonds. The van der Waals surface area contributed by atoms with Crippen LogP contribution in [0.2, 0.25) is 0 Å². The quantitative estimate of drug-likeness (QED) is 0.300. The summed E-state index contributed by atoms with van der Waals surface area (Å²) in [7, 11) is 0. The van der Waals surface area contributed by atoms with Crippen LogP contribution in [0, 0.1) is 0 Å². The Bertz CT molecular complexity index is 1510. The second kappa shape index (κ2) is 11.6. The minimum atomic E-state index is -4.45. The van der Waals surface area contributed by atoms with Crippen molar-refractivity contribution >= 4 is 33.8 Å². The first-order valence-electron chi connectivity index (χ1n) is 14.4. The second-order valence-corrected chi connectivity index (χ2v) is 12.0. The predicted octanol–water partition coefficient (Wildman–Crippen LogP) is 6.07. The number of piperidine rings is 1. The average molecular weight is 586 g/mol. The molecule has 1 aromatic carbocycles. The largest absolute Gasteiger partial charge is 0.406 e. The SMILES string of the molecule is C=C(NCC1=NC(c2cc3c(NC4CN(CC)CCC4F)cccc3n2CC(F)(F)F)=NC1)c1ccn(C(C)(C)C)c1. The monoisotopic (exact) mass is 585 g/mol. The van der Waals surface area contributed by atoms with Crippen molar-refractivity contribution in [1.29, 1.82) is 0 Å². The van der Waals surface area contributed by atoms with Gasteiger partial charge in [0.05, 0.1) is 36.1 Å². The molecular formula is C31H39F4N7. The van der Waals surface area contributed by atoms with E-state index in [4.69, 9.17) is 0 Å². The fourth-order valence-corrected chi connectivity index (χ4v) is 5.48. The third-order valence-corrected chi connectivity index (χ3v) is 7.91. The minimum absolute atomic E-state index is 0.0547. The highest BCUT2D eigenvalue weighted by atomic mass is 19.4. The first-order valence-corrected chi connectivity index (χ1v) is 14.4. The number of anilines is 1. The van der Waals surface area contributed by atoms with Crippen molar-refractivity contribution < 1.29 is 17.6 Å². The number of hydrogen-bond acceptors (Lipinski definition) is 5. The molecule has 2 N–H and O–H groups in total. The molecule has 0 saturated carbocycles. The summed E-state index contributed by atoms with van der Waals surface area (Å²) in [4.78, 5) is 11.3. The first-order chi connectivity index (χ1) is 19.8. The summed E-state index contributed by atoms with van der Waals surface area (Å²) in [5, 5.41) is 7.15. The van der Waals surface area contributed by atoms with Crippen molar-refractivity contribution in [2.45, 2.75) is 64.6 Å². The molecule has 4 heterocycles. The molecule has 1 saturated heterocycles. The summed E-state index contributed by atoms with van der Waals surface area (Å²) in [6.45, 7) is 14.0. The van der Waals surface area contributed by atoms with E-state index in [1.807, 2.05) is 25.4 Å².